The predicted octanol–water partition coefficient (Wildman–Crippen LogP) is 3.82. The van der Waals surface area contributed by atoms with Gasteiger partial charge in [0.15, 0.2) is 18.2 Å². The van der Waals surface area contributed by atoms with Crippen LogP contribution in [0.2, 0.25) is 0 Å². The molecule has 0 unspecified atom stereocenters. The molecule has 0 saturated heterocycles. The number of anilines is 1. The summed E-state index contributed by atoms with van der Waals surface area (Å²) < 4.78 is 10.4. The Kier molecular flexibility index (Phi) is 8.75. The van der Waals surface area contributed by atoms with Gasteiger partial charge >= 0.3 is 5.97 Å². The molecule has 2 aromatic rings. The zero-order valence-electron chi connectivity index (χ0n) is 17.1. The van der Waals surface area contributed by atoms with Crippen molar-refractivity contribution in [3.05, 3.63) is 59.7 Å². The molecule has 30 heavy (non-hydrogen) atoms. The number of ether oxygens (including phenoxy) is 2. The molecule has 1 N–H and O–H groups in total. The summed E-state index contributed by atoms with van der Waals surface area (Å²) in [6.45, 7) is 3.57. The minimum Gasteiger partial charge on any atom is -0.494 e. The van der Waals surface area contributed by atoms with Crippen LogP contribution in [0.15, 0.2) is 48.5 Å². The molecule has 0 saturated carbocycles. The van der Waals surface area contributed by atoms with Crippen LogP contribution in [0.4, 0.5) is 5.69 Å². The van der Waals surface area contributed by atoms with Gasteiger partial charge in [0.1, 0.15) is 5.75 Å². The van der Waals surface area contributed by atoms with Crippen molar-refractivity contribution < 1.29 is 28.7 Å². The van der Waals surface area contributed by atoms with E-state index in [1.807, 2.05) is 6.92 Å². The van der Waals surface area contributed by atoms with E-state index in [-0.39, 0.29) is 24.4 Å². The van der Waals surface area contributed by atoms with Crippen LogP contribution in [0, 0.1) is 0 Å². The van der Waals surface area contributed by atoms with Crippen LogP contribution >= 0.6 is 0 Å². The van der Waals surface area contributed by atoms with Crippen molar-refractivity contribution in [2.45, 2.75) is 33.1 Å². The van der Waals surface area contributed by atoms with Gasteiger partial charge in [0.25, 0.3) is 5.91 Å². The zero-order chi connectivity index (χ0) is 21.9. The molecule has 0 aliphatic carbocycles. The van der Waals surface area contributed by atoms with Gasteiger partial charge in [-0.15, -0.1) is 0 Å². The van der Waals surface area contributed by atoms with Crippen molar-refractivity contribution in [3.63, 3.8) is 0 Å². The van der Waals surface area contributed by atoms with Crippen LogP contribution in [0.3, 0.4) is 0 Å². The van der Waals surface area contributed by atoms with Crippen LogP contribution < -0.4 is 10.1 Å². The molecule has 0 aromatic heterocycles. The third-order valence-electron chi connectivity index (χ3n) is 4.12. The summed E-state index contributed by atoms with van der Waals surface area (Å²) >= 11 is 0. The van der Waals surface area contributed by atoms with Gasteiger partial charge in [-0.05, 0) is 49.7 Å². The summed E-state index contributed by atoms with van der Waals surface area (Å²) in [7, 11) is 0. The van der Waals surface area contributed by atoms with Gasteiger partial charge in [0.05, 0.1) is 13.0 Å². The number of hydrogen-bond acceptors (Lipinski definition) is 6. The molecule has 0 spiro atoms. The van der Waals surface area contributed by atoms with Gasteiger partial charge in [-0.1, -0.05) is 19.1 Å². The van der Waals surface area contributed by atoms with E-state index in [0.29, 0.717) is 29.2 Å². The average Bonchev–Trinajstić information content (AvgIpc) is 2.75. The Hall–Kier alpha value is -3.48. The fourth-order valence-corrected chi connectivity index (χ4v) is 2.55. The fraction of sp³-hybridized carbons (Fsp3) is 0.304. The van der Waals surface area contributed by atoms with Crippen LogP contribution in [0.25, 0.3) is 0 Å². The predicted molar refractivity (Wildman–Crippen MR) is 112 cm³/mol. The minimum absolute atomic E-state index is 0.0176. The first-order valence-electron chi connectivity index (χ1n) is 9.71. The molecule has 1 amide bonds. The summed E-state index contributed by atoms with van der Waals surface area (Å²) in [5.41, 5.74) is 1.38. The van der Waals surface area contributed by atoms with Crippen molar-refractivity contribution in [1.29, 1.82) is 0 Å². The molecule has 2 rings (SSSR count). The molecular formula is C23H25NO6. The summed E-state index contributed by atoms with van der Waals surface area (Å²) in [4.78, 5) is 47.3. The van der Waals surface area contributed by atoms with Gasteiger partial charge in [-0.2, -0.15) is 0 Å². The highest BCUT2D eigenvalue weighted by molar-refractivity contribution is 5.99. The Morgan fingerprint density at radius 2 is 1.67 bits per heavy atom. The lowest BCUT2D eigenvalue weighted by atomic mass is 10.1. The Bertz CT molecular complexity index is 904. The SMILES string of the molecule is CCCOc1ccc(C(=O)CCC(=O)OCC(=O)Nc2cccc(C(C)=O)c2)cc1. The normalized spacial score (nSPS) is 10.2. The third kappa shape index (κ3) is 7.50. The Labute approximate surface area is 175 Å². The highest BCUT2D eigenvalue weighted by atomic mass is 16.5. The lowest BCUT2D eigenvalue weighted by molar-refractivity contribution is -0.147. The van der Waals surface area contributed by atoms with E-state index in [0.717, 1.165) is 6.42 Å². The van der Waals surface area contributed by atoms with E-state index in [1.165, 1.54) is 6.92 Å². The number of carbonyl (C=O) groups excluding carboxylic acids is 4. The lowest BCUT2D eigenvalue weighted by Crippen LogP contribution is -2.21. The molecule has 0 radical (unpaired) electrons. The molecule has 0 atom stereocenters. The first kappa shape index (κ1) is 22.8. The average molecular weight is 411 g/mol. The Balaban J connectivity index is 1.73. The smallest absolute Gasteiger partial charge is 0.306 e. The second-order valence-corrected chi connectivity index (χ2v) is 6.64. The number of amides is 1. The molecule has 0 fully saturated rings. The van der Waals surface area contributed by atoms with Crippen LogP contribution in [-0.2, 0) is 14.3 Å². The van der Waals surface area contributed by atoms with E-state index in [1.54, 1.807) is 48.5 Å². The van der Waals surface area contributed by atoms with Gasteiger partial charge in [-0.25, -0.2) is 0 Å². The number of carbonyl (C=O) groups is 4. The van der Waals surface area contributed by atoms with Crippen molar-refractivity contribution in [3.8, 4) is 5.75 Å². The highest BCUT2D eigenvalue weighted by Gasteiger charge is 2.13. The molecule has 0 bridgehead atoms. The first-order valence-corrected chi connectivity index (χ1v) is 9.71. The maximum absolute atomic E-state index is 12.2. The molecule has 0 heterocycles. The van der Waals surface area contributed by atoms with Gasteiger partial charge in [0.2, 0.25) is 0 Å². The molecule has 0 aliphatic rings. The first-order chi connectivity index (χ1) is 14.4. The van der Waals surface area contributed by atoms with E-state index in [2.05, 4.69) is 5.32 Å². The molecular weight excluding hydrogens is 386 g/mol. The second-order valence-electron chi connectivity index (χ2n) is 6.64. The van der Waals surface area contributed by atoms with E-state index >= 15 is 0 Å². The standard InChI is InChI=1S/C23H25NO6/c1-3-13-29-20-9-7-17(8-10-20)21(26)11-12-23(28)30-15-22(27)24-19-6-4-5-18(14-19)16(2)25/h4-10,14H,3,11-13,15H2,1-2H3,(H,24,27). The summed E-state index contributed by atoms with van der Waals surface area (Å²) in [5, 5.41) is 2.56. The number of rotatable bonds is 11. The molecule has 2 aromatic carbocycles. The largest absolute Gasteiger partial charge is 0.494 e. The maximum Gasteiger partial charge on any atom is 0.306 e. The quantitative estimate of drug-likeness (QED) is 0.446. The van der Waals surface area contributed by atoms with Gasteiger partial charge in [-0.3, -0.25) is 19.2 Å². The number of esters is 1. The zero-order valence-corrected chi connectivity index (χ0v) is 17.1. The van der Waals surface area contributed by atoms with Crippen molar-refractivity contribution in [2.75, 3.05) is 18.5 Å². The summed E-state index contributed by atoms with van der Waals surface area (Å²) in [6, 6.07) is 13.2. The number of ketones is 2. The summed E-state index contributed by atoms with van der Waals surface area (Å²) in [6.07, 6.45) is 0.752. The van der Waals surface area contributed by atoms with Gasteiger partial charge in [0, 0.05) is 23.2 Å². The second kappa shape index (κ2) is 11.5. The van der Waals surface area contributed by atoms with E-state index in [4.69, 9.17) is 9.47 Å². The van der Waals surface area contributed by atoms with Crippen LogP contribution in [0.5, 0.6) is 5.75 Å². The highest BCUT2D eigenvalue weighted by Crippen LogP contribution is 2.15. The number of nitrogens with one attached hydrogen (secondary N) is 1. The molecule has 158 valence electrons. The van der Waals surface area contributed by atoms with Crippen LogP contribution in [0.1, 0.15) is 53.8 Å². The molecule has 0 aliphatic heterocycles. The minimum atomic E-state index is -0.640. The molecule has 7 heteroatoms. The van der Waals surface area contributed by atoms with Crippen molar-refractivity contribution >= 4 is 29.1 Å². The molecule has 7 nitrogen and oxygen atoms in total. The van der Waals surface area contributed by atoms with Crippen molar-refractivity contribution in [1.82, 2.24) is 0 Å². The van der Waals surface area contributed by atoms with Crippen LogP contribution in [-0.4, -0.2) is 36.7 Å². The Morgan fingerprint density at radius 3 is 2.33 bits per heavy atom. The third-order valence-corrected chi connectivity index (χ3v) is 4.12. The van der Waals surface area contributed by atoms with E-state index in [9.17, 15) is 19.2 Å². The lowest BCUT2D eigenvalue weighted by Gasteiger charge is -2.08. The van der Waals surface area contributed by atoms with Crippen molar-refractivity contribution in [2.24, 2.45) is 0 Å². The maximum atomic E-state index is 12.2. The van der Waals surface area contributed by atoms with Gasteiger partial charge < -0.3 is 14.8 Å². The number of benzene rings is 2. The topological polar surface area (TPSA) is 98.8 Å². The number of Topliss-reactive ketones (excluding diaryl/α,β-unsaturated/α-hetero) is 2. The summed E-state index contributed by atoms with van der Waals surface area (Å²) in [5.74, 6) is -0.797. The monoisotopic (exact) mass is 411 g/mol. The fourth-order valence-electron chi connectivity index (χ4n) is 2.55. The Morgan fingerprint density at radius 1 is 0.933 bits per heavy atom. The number of hydrogen-bond donors (Lipinski definition) is 1. The van der Waals surface area contributed by atoms with E-state index < -0.39 is 18.5 Å².